The fourth-order valence-corrected chi connectivity index (χ4v) is 2.79. The van der Waals surface area contributed by atoms with Gasteiger partial charge in [-0.3, -0.25) is 4.79 Å². The van der Waals surface area contributed by atoms with E-state index in [9.17, 15) is 9.18 Å². The van der Waals surface area contributed by atoms with Crippen LogP contribution in [0.4, 0.5) is 15.9 Å². The molecule has 0 bridgehead atoms. The summed E-state index contributed by atoms with van der Waals surface area (Å²) in [7, 11) is 0. The van der Waals surface area contributed by atoms with Crippen molar-refractivity contribution >= 4 is 17.4 Å². The Hall–Kier alpha value is -2.43. The number of halogens is 1. The number of nitrogens with zero attached hydrogens (tertiary/aromatic N) is 2. The van der Waals surface area contributed by atoms with Crippen LogP contribution in [0.2, 0.25) is 0 Å². The number of hydrogen-bond donors (Lipinski definition) is 1. The van der Waals surface area contributed by atoms with E-state index in [1.54, 1.807) is 18.3 Å². The van der Waals surface area contributed by atoms with Crippen LogP contribution in [0.25, 0.3) is 0 Å². The smallest absolute Gasteiger partial charge is 0.256 e. The van der Waals surface area contributed by atoms with E-state index >= 15 is 0 Å². The van der Waals surface area contributed by atoms with Crippen molar-refractivity contribution in [2.45, 2.75) is 25.7 Å². The van der Waals surface area contributed by atoms with Crippen molar-refractivity contribution in [3.63, 3.8) is 0 Å². The lowest BCUT2D eigenvalue weighted by Crippen LogP contribution is -2.24. The lowest BCUT2D eigenvalue weighted by atomic mass is 10.2. The maximum atomic E-state index is 13.2. The molecule has 2 aromatic rings. The molecule has 1 amide bonds. The van der Waals surface area contributed by atoms with E-state index in [4.69, 9.17) is 0 Å². The van der Waals surface area contributed by atoms with Gasteiger partial charge < -0.3 is 10.2 Å². The molecular formula is C18H20FN3O. The van der Waals surface area contributed by atoms with Crippen molar-refractivity contribution in [2.75, 3.05) is 23.3 Å². The van der Waals surface area contributed by atoms with Gasteiger partial charge in [0.15, 0.2) is 0 Å². The highest BCUT2D eigenvalue weighted by atomic mass is 19.1. The first-order valence-electron chi connectivity index (χ1n) is 8.00. The van der Waals surface area contributed by atoms with Crippen LogP contribution in [-0.4, -0.2) is 24.0 Å². The number of hydrogen-bond acceptors (Lipinski definition) is 3. The van der Waals surface area contributed by atoms with Gasteiger partial charge in [0.05, 0.1) is 11.9 Å². The predicted molar refractivity (Wildman–Crippen MR) is 89.3 cm³/mol. The second kappa shape index (κ2) is 7.22. The SMILES string of the molecule is O=C(Nc1ccc(N2CCCCCC2)cn1)c1cccc(F)c1. The normalized spacial score (nSPS) is 15.1. The number of rotatable bonds is 3. The fourth-order valence-electron chi connectivity index (χ4n) is 2.79. The minimum absolute atomic E-state index is 0.281. The Morgan fingerprint density at radius 2 is 1.87 bits per heavy atom. The molecule has 0 saturated carbocycles. The van der Waals surface area contributed by atoms with E-state index in [-0.39, 0.29) is 11.5 Å². The van der Waals surface area contributed by atoms with Crippen LogP contribution in [0.5, 0.6) is 0 Å². The van der Waals surface area contributed by atoms with Crippen molar-refractivity contribution in [3.05, 3.63) is 54.0 Å². The molecule has 1 aromatic carbocycles. The first-order chi connectivity index (χ1) is 11.2. The largest absolute Gasteiger partial charge is 0.370 e. The Balaban J connectivity index is 1.66. The Bertz CT molecular complexity index is 664. The summed E-state index contributed by atoms with van der Waals surface area (Å²) in [5.74, 6) is -0.320. The van der Waals surface area contributed by atoms with Gasteiger partial charge >= 0.3 is 0 Å². The molecule has 1 N–H and O–H groups in total. The molecule has 4 nitrogen and oxygen atoms in total. The standard InChI is InChI=1S/C18H20FN3O/c19-15-7-5-6-14(12-15)18(23)21-17-9-8-16(13-20-17)22-10-3-1-2-4-11-22/h5-9,12-13H,1-4,10-11H2,(H,20,21,23). The van der Waals surface area contributed by atoms with Crippen LogP contribution in [-0.2, 0) is 0 Å². The minimum atomic E-state index is -0.429. The van der Waals surface area contributed by atoms with Crippen molar-refractivity contribution in [1.29, 1.82) is 0 Å². The Morgan fingerprint density at radius 3 is 2.52 bits per heavy atom. The van der Waals surface area contributed by atoms with Crippen molar-refractivity contribution in [3.8, 4) is 0 Å². The molecule has 1 saturated heterocycles. The van der Waals surface area contributed by atoms with Gasteiger partial charge in [-0.2, -0.15) is 0 Å². The van der Waals surface area contributed by atoms with E-state index in [2.05, 4.69) is 15.2 Å². The van der Waals surface area contributed by atoms with Gasteiger partial charge in [-0.15, -0.1) is 0 Å². The number of anilines is 2. The third-order valence-electron chi connectivity index (χ3n) is 4.05. The molecule has 0 unspecified atom stereocenters. The number of aromatic nitrogens is 1. The number of nitrogens with one attached hydrogen (secondary N) is 1. The van der Waals surface area contributed by atoms with Gasteiger partial charge in [0.25, 0.3) is 5.91 Å². The van der Waals surface area contributed by atoms with E-state index < -0.39 is 5.82 Å². The summed E-state index contributed by atoms with van der Waals surface area (Å²) >= 11 is 0. The zero-order chi connectivity index (χ0) is 16.1. The third-order valence-corrected chi connectivity index (χ3v) is 4.05. The summed E-state index contributed by atoms with van der Waals surface area (Å²) in [4.78, 5) is 18.7. The lowest BCUT2D eigenvalue weighted by molar-refractivity contribution is 0.102. The Morgan fingerprint density at radius 1 is 1.09 bits per heavy atom. The summed E-state index contributed by atoms with van der Waals surface area (Å²) in [5, 5.41) is 2.69. The van der Waals surface area contributed by atoms with E-state index in [1.807, 2.05) is 6.07 Å². The number of amides is 1. The van der Waals surface area contributed by atoms with Crippen molar-refractivity contribution in [2.24, 2.45) is 0 Å². The van der Waals surface area contributed by atoms with Gasteiger partial charge in [0.1, 0.15) is 11.6 Å². The minimum Gasteiger partial charge on any atom is -0.370 e. The number of pyridine rings is 1. The molecule has 1 aliphatic rings. The molecule has 0 spiro atoms. The van der Waals surface area contributed by atoms with Crippen LogP contribution >= 0.6 is 0 Å². The number of carbonyl (C=O) groups excluding carboxylic acids is 1. The third kappa shape index (κ3) is 4.06. The second-order valence-corrected chi connectivity index (χ2v) is 5.77. The zero-order valence-electron chi connectivity index (χ0n) is 13.0. The highest BCUT2D eigenvalue weighted by Gasteiger charge is 2.11. The van der Waals surface area contributed by atoms with E-state index in [1.165, 1.54) is 43.9 Å². The maximum absolute atomic E-state index is 13.2. The molecular weight excluding hydrogens is 293 g/mol. The van der Waals surface area contributed by atoms with E-state index in [0.29, 0.717) is 5.82 Å². The number of carbonyl (C=O) groups is 1. The average Bonchev–Trinajstić information content (AvgIpc) is 2.85. The van der Waals surface area contributed by atoms with Gasteiger partial charge in [-0.1, -0.05) is 18.9 Å². The Kier molecular flexibility index (Phi) is 4.86. The highest BCUT2D eigenvalue weighted by Crippen LogP contribution is 2.20. The van der Waals surface area contributed by atoms with Crippen LogP contribution in [0.15, 0.2) is 42.6 Å². The van der Waals surface area contributed by atoms with Gasteiger partial charge in [0.2, 0.25) is 0 Å². The molecule has 23 heavy (non-hydrogen) atoms. The quantitative estimate of drug-likeness (QED) is 0.936. The molecule has 1 fully saturated rings. The van der Waals surface area contributed by atoms with E-state index in [0.717, 1.165) is 18.8 Å². The van der Waals surface area contributed by atoms with Gasteiger partial charge in [0, 0.05) is 18.7 Å². The van der Waals surface area contributed by atoms with Crippen molar-refractivity contribution in [1.82, 2.24) is 4.98 Å². The van der Waals surface area contributed by atoms with Gasteiger partial charge in [-0.05, 0) is 43.2 Å². The molecule has 0 radical (unpaired) electrons. The van der Waals surface area contributed by atoms with Crippen molar-refractivity contribution < 1.29 is 9.18 Å². The van der Waals surface area contributed by atoms with Gasteiger partial charge in [-0.25, -0.2) is 9.37 Å². The maximum Gasteiger partial charge on any atom is 0.256 e. The first kappa shape index (κ1) is 15.5. The topological polar surface area (TPSA) is 45.2 Å². The molecule has 3 rings (SSSR count). The van der Waals surface area contributed by atoms with Crippen LogP contribution in [0, 0.1) is 5.82 Å². The van der Waals surface area contributed by atoms with Crippen LogP contribution in [0.1, 0.15) is 36.0 Å². The molecule has 5 heteroatoms. The highest BCUT2D eigenvalue weighted by molar-refractivity contribution is 6.03. The monoisotopic (exact) mass is 313 g/mol. The fraction of sp³-hybridized carbons (Fsp3) is 0.333. The number of benzene rings is 1. The summed E-state index contributed by atoms with van der Waals surface area (Å²) in [6.07, 6.45) is 6.76. The van der Waals surface area contributed by atoms with Crippen LogP contribution < -0.4 is 10.2 Å². The summed E-state index contributed by atoms with van der Waals surface area (Å²) in [6.45, 7) is 2.10. The molecule has 0 atom stereocenters. The molecule has 120 valence electrons. The predicted octanol–water partition coefficient (Wildman–Crippen LogP) is 3.85. The zero-order valence-corrected chi connectivity index (χ0v) is 13.0. The lowest BCUT2D eigenvalue weighted by Gasteiger charge is -2.22. The molecule has 1 aromatic heterocycles. The average molecular weight is 313 g/mol. The summed E-state index contributed by atoms with van der Waals surface area (Å²) < 4.78 is 13.2. The second-order valence-electron chi connectivity index (χ2n) is 5.77. The molecule has 2 heterocycles. The Labute approximate surface area is 135 Å². The van der Waals surface area contributed by atoms with Crippen LogP contribution in [0.3, 0.4) is 0 Å². The molecule has 0 aliphatic carbocycles. The molecule has 1 aliphatic heterocycles. The summed E-state index contributed by atoms with van der Waals surface area (Å²) in [6, 6.07) is 9.37. The first-order valence-corrected chi connectivity index (χ1v) is 8.00. The summed E-state index contributed by atoms with van der Waals surface area (Å²) in [5.41, 5.74) is 1.36.